The van der Waals surface area contributed by atoms with E-state index in [1.165, 1.54) is 5.56 Å². The van der Waals surface area contributed by atoms with E-state index in [9.17, 15) is 0 Å². The molecule has 0 saturated carbocycles. The largest absolute Gasteiger partial charge is 0.396 e. The maximum absolute atomic E-state index is 9.15. The molecule has 0 heterocycles. The first-order valence-electron chi connectivity index (χ1n) is 5.57. The van der Waals surface area contributed by atoms with Crippen LogP contribution in [0.15, 0.2) is 30.3 Å². The molecule has 1 rings (SSSR count). The summed E-state index contributed by atoms with van der Waals surface area (Å²) in [6.07, 6.45) is 1.64. The zero-order valence-corrected chi connectivity index (χ0v) is 9.61. The molecular weight excluding hydrogens is 186 g/mol. The standard InChI is InChI=1S/C13H21NO/c1-3-12(14)13(2,9-10-15)11-7-5-4-6-8-11/h4-8,12,15H,3,9-10,14H2,1-2H3. The Balaban J connectivity index is 3.01. The molecule has 0 saturated heterocycles. The number of hydrogen-bond donors (Lipinski definition) is 2. The molecule has 1 aromatic rings. The first-order chi connectivity index (χ1) is 7.15. The van der Waals surface area contributed by atoms with Crippen molar-refractivity contribution in [3.05, 3.63) is 35.9 Å². The molecule has 0 aliphatic heterocycles. The predicted molar refractivity (Wildman–Crippen MR) is 63.8 cm³/mol. The zero-order chi connectivity index (χ0) is 11.3. The number of nitrogens with two attached hydrogens (primary N) is 1. The van der Waals surface area contributed by atoms with Gasteiger partial charge in [0.05, 0.1) is 0 Å². The summed E-state index contributed by atoms with van der Waals surface area (Å²) in [6, 6.07) is 10.3. The Kier molecular flexibility index (Phi) is 4.30. The summed E-state index contributed by atoms with van der Waals surface area (Å²) < 4.78 is 0. The van der Waals surface area contributed by atoms with Crippen molar-refractivity contribution < 1.29 is 5.11 Å². The lowest BCUT2D eigenvalue weighted by Gasteiger charge is -2.35. The second-order valence-electron chi connectivity index (χ2n) is 4.27. The second kappa shape index (κ2) is 5.29. The van der Waals surface area contributed by atoms with Gasteiger partial charge in [-0.15, -0.1) is 0 Å². The number of aliphatic hydroxyl groups excluding tert-OH is 1. The number of rotatable bonds is 5. The molecule has 2 atom stereocenters. The van der Waals surface area contributed by atoms with Gasteiger partial charge in [0, 0.05) is 18.1 Å². The monoisotopic (exact) mass is 207 g/mol. The van der Waals surface area contributed by atoms with Crippen molar-refractivity contribution in [1.82, 2.24) is 0 Å². The van der Waals surface area contributed by atoms with E-state index in [0.717, 1.165) is 6.42 Å². The highest BCUT2D eigenvalue weighted by Crippen LogP contribution is 2.31. The van der Waals surface area contributed by atoms with Gasteiger partial charge < -0.3 is 10.8 Å². The summed E-state index contributed by atoms with van der Waals surface area (Å²) in [6.45, 7) is 4.40. The first kappa shape index (κ1) is 12.2. The predicted octanol–water partition coefficient (Wildman–Crippen LogP) is 2.06. The highest BCUT2D eigenvalue weighted by Gasteiger charge is 2.31. The van der Waals surface area contributed by atoms with Gasteiger partial charge in [-0.05, 0) is 18.4 Å². The molecule has 0 fully saturated rings. The van der Waals surface area contributed by atoms with Crippen LogP contribution < -0.4 is 5.73 Å². The Morgan fingerprint density at radius 3 is 2.40 bits per heavy atom. The summed E-state index contributed by atoms with van der Waals surface area (Å²) in [5, 5.41) is 9.15. The fourth-order valence-electron chi connectivity index (χ4n) is 2.05. The van der Waals surface area contributed by atoms with Crippen molar-refractivity contribution in [3.8, 4) is 0 Å². The lowest BCUT2D eigenvalue weighted by Crippen LogP contribution is -2.43. The van der Waals surface area contributed by atoms with Crippen LogP contribution >= 0.6 is 0 Å². The van der Waals surface area contributed by atoms with Crippen molar-refractivity contribution in [1.29, 1.82) is 0 Å². The topological polar surface area (TPSA) is 46.2 Å². The van der Waals surface area contributed by atoms with Crippen molar-refractivity contribution in [2.75, 3.05) is 6.61 Å². The minimum atomic E-state index is -0.120. The van der Waals surface area contributed by atoms with E-state index in [-0.39, 0.29) is 18.1 Å². The van der Waals surface area contributed by atoms with Crippen LogP contribution in [-0.4, -0.2) is 17.8 Å². The Hall–Kier alpha value is -0.860. The Bertz CT molecular complexity index is 286. The van der Waals surface area contributed by atoms with Crippen LogP contribution in [0.3, 0.4) is 0 Å². The fourth-order valence-corrected chi connectivity index (χ4v) is 2.05. The molecule has 2 nitrogen and oxygen atoms in total. The summed E-state index contributed by atoms with van der Waals surface area (Å²) in [5.41, 5.74) is 7.25. The smallest absolute Gasteiger partial charge is 0.0440 e. The van der Waals surface area contributed by atoms with Crippen LogP contribution in [0.25, 0.3) is 0 Å². The third-order valence-electron chi connectivity index (χ3n) is 3.32. The summed E-state index contributed by atoms with van der Waals surface area (Å²) in [7, 11) is 0. The molecule has 0 amide bonds. The fraction of sp³-hybridized carbons (Fsp3) is 0.538. The van der Waals surface area contributed by atoms with Crippen LogP contribution in [-0.2, 0) is 5.41 Å². The summed E-state index contributed by atoms with van der Waals surface area (Å²) in [4.78, 5) is 0. The van der Waals surface area contributed by atoms with Gasteiger partial charge in [0.25, 0.3) is 0 Å². The maximum atomic E-state index is 9.15. The molecule has 0 bridgehead atoms. The summed E-state index contributed by atoms with van der Waals surface area (Å²) in [5.74, 6) is 0. The minimum absolute atomic E-state index is 0.0899. The van der Waals surface area contributed by atoms with Crippen molar-refractivity contribution in [2.24, 2.45) is 5.73 Å². The number of benzene rings is 1. The molecule has 3 N–H and O–H groups in total. The van der Waals surface area contributed by atoms with Gasteiger partial charge in [0.15, 0.2) is 0 Å². The van der Waals surface area contributed by atoms with E-state index in [1.54, 1.807) is 0 Å². The van der Waals surface area contributed by atoms with Crippen LogP contribution in [0.2, 0.25) is 0 Å². The molecule has 0 spiro atoms. The molecule has 84 valence electrons. The van der Waals surface area contributed by atoms with Crippen molar-refractivity contribution in [2.45, 2.75) is 38.1 Å². The van der Waals surface area contributed by atoms with Crippen molar-refractivity contribution in [3.63, 3.8) is 0 Å². The highest BCUT2D eigenvalue weighted by atomic mass is 16.3. The van der Waals surface area contributed by atoms with Gasteiger partial charge in [-0.1, -0.05) is 44.2 Å². The maximum Gasteiger partial charge on any atom is 0.0440 e. The van der Waals surface area contributed by atoms with Gasteiger partial charge in [-0.25, -0.2) is 0 Å². The summed E-state index contributed by atoms with van der Waals surface area (Å²) >= 11 is 0. The minimum Gasteiger partial charge on any atom is -0.396 e. The number of aliphatic hydroxyl groups is 1. The average Bonchev–Trinajstić information content (AvgIpc) is 2.29. The molecule has 2 heteroatoms. The van der Waals surface area contributed by atoms with E-state index < -0.39 is 0 Å². The number of hydrogen-bond acceptors (Lipinski definition) is 2. The van der Waals surface area contributed by atoms with Crippen LogP contribution in [0.4, 0.5) is 0 Å². The lowest BCUT2D eigenvalue weighted by molar-refractivity contribution is 0.223. The Morgan fingerprint density at radius 1 is 1.33 bits per heavy atom. The van der Waals surface area contributed by atoms with Crippen molar-refractivity contribution >= 4 is 0 Å². The molecule has 1 aromatic carbocycles. The van der Waals surface area contributed by atoms with Gasteiger partial charge in [-0.2, -0.15) is 0 Å². The normalized spacial score (nSPS) is 17.1. The van der Waals surface area contributed by atoms with E-state index in [2.05, 4.69) is 26.0 Å². The van der Waals surface area contributed by atoms with Gasteiger partial charge >= 0.3 is 0 Å². The first-order valence-corrected chi connectivity index (χ1v) is 5.57. The van der Waals surface area contributed by atoms with Crippen LogP contribution in [0.1, 0.15) is 32.3 Å². The lowest BCUT2D eigenvalue weighted by atomic mass is 9.73. The molecule has 15 heavy (non-hydrogen) atoms. The van der Waals surface area contributed by atoms with E-state index in [0.29, 0.717) is 6.42 Å². The van der Waals surface area contributed by atoms with Crippen LogP contribution in [0.5, 0.6) is 0 Å². The third-order valence-corrected chi connectivity index (χ3v) is 3.32. The van der Waals surface area contributed by atoms with Gasteiger partial charge in [-0.3, -0.25) is 0 Å². The van der Waals surface area contributed by atoms with Crippen LogP contribution in [0, 0.1) is 0 Å². The van der Waals surface area contributed by atoms with E-state index in [1.807, 2.05) is 18.2 Å². The van der Waals surface area contributed by atoms with E-state index in [4.69, 9.17) is 10.8 Å². The zero-order valence-electron chi connectivity index (χ0n) is 9.61. The SMILES string of the molecule is CCC(N)C(C)(CCO)c1ccccc1. The van der Waals surface area contributed by atoms with E-state index >= 15 is 0 Å². The molecule has 0 radical (unpaired) electrons. The molecule has 0 aromatic heterocycles. The Morgan fingerprint density at radius 2 is 1.93 bits per heavy atom. The third kappa shape index (κ3) is 2.58. The van der Waals surface area contributed by atoms with Gasteiger partial charge in [0.1, 0.15) is 0 Å². The molecular formula is C13H21NO. The van der Waals surface area contributed by atoms with Gasteiger partial charge in [0.2, 0.25) is 0 Å². The second-order valence-corrected chi connectivity index (χ2v) is 4.27. The highest BCUT2D eigenvalue weighted by molar-refractivity contribution is 5.26. The Labute approximate surface area is 92.1 Å². The average molecular weight is 207 g/mol. The molecule has 0 aliphatic carbocycles. The molecule has 2 unspecified atom stereocenters. The quantitative estimate of drug-likeness (QED) is 0.776. The molecule has 0 aliphatic rings.